The van der Waals surface area contributed by atoms with Crippen LogP contribution in [0.25, 0.3) is 0 Å². The number of pyridine rings is 1. The van der Waals surface area contributed by atoms with Gasteiger partial charge in [0.1, 0.15) is 0 Å². The molecule has 0 aliphatic heterocycles. The van der Waals surface area contributed by atoms with E-state index < -0.39 is 0 Å². The van der Waals surface area contributed by atoms with Crippen LogP contribution < -0.4 is 4.90 Å². The molecule has 0 N–H and O–H groups in total. The lowest BCUT2D eigenvalue weighted by Gasteiger charge is -2.25. The van der Waals surface area contributed by atoms with Gasteiger partial charge in [0.25, 0.3) is 0 Å². The summed E-state index contributed by atoms with van der Waals surface area (Å²) in [4.78, 5) is 6.27. The van der Waals surface area contributed by atoms with Crippen molar-refractivity contribution in [2.75, 3.05) is 4.90 Å². The Bertz CT molecular complexity index is 644. The number of aromatic nitrogens is 1. The molecule has 0 spiro atoms. The van der Waals surface area contributed by atoms with Crippen LogP contribution in [0.2, 0.25) is 5.15 Å². The first-order valence-corrected chi connectivity index (χ1v) is 6.75. The second-order valence-corrected chi connectivity index (χ2v) is 4.68. The topological polar surface area (TPSA) is 16.1 Å². The van der Waals surface area contributed by atoms with Crippen molar-refractivity contribution in [2.24, 2.45) is 0 Å². The van der Waals surface area contributed by atoms with Crippen LogP contribution in [-0.4, -0.2) is 4.98 Å². The van der Waals surface area contributed by atoms with Gasteiger partial charge in [-0.15, -0.1) is 0 Å². The predicted octanol–water partition coefficient (Wildman–Crippen LogP) is 5.20. The zero-order valence-electron chi connectivity index (χ0n) is 10.8. The van der Waals surface area contributed by atoms with Gasteiger partial charge in [0.2, 0.25) is 0 Å². The van der Waals surface area contributed by atoms with Crippen LogP contribution in [0.15, 0.2) is 79.0 Å². The summed E-state index contributed by atoms with van der Waals surface area (Å²) in [5.41, 5.74) is 2.97. The molecule has 0 fully saturated rings. The fraction of sp³-hybridized carbons (Fsp3) is 0. The third-order valence-electron chi connectivity index (χ3n) is 3.01. The number of nitrogens with zero attached hydrogens (tertiary/aromatic N) is 2. The Morgan fingerprint density at radius 1 is 0.700 bits per heavy atom. The number of hydrogen-bond donors (Lipinski definition) is 0. The molecule has 0 bridgehead atoms. The highest BCUT2D eigenvalue weighted by Gasteiger charge is 2.14. The second-order valence-electron chi connectivity index (χ2n) is 4.32. The maximum atomic E-state index is 6.27. The van der Waals surface area contributed by atoms with Gasteiger partial charge in [-0.1, -0.05) is 48.0 Å². The normalized spacial score (nSPS) is 10.2. The highest BCUT2D eigenvalue weighted by molar-refractivity contribution is 6.32. The zero-order valence-corrected chi connectivity index (χ0v) is 11.5. The molecule has 0 saturated carbocycles. The molecule has 3 rings (SSSR count). The molecule has 0 unspecified atom stereocenters. The number of para-hydroxylation sites is 2. The Morgan fingerprint density at radius 2 is 1.25 bits per heavy atom. The minimum Gasteiger partial charge on any atom is -0.308 e. The number of rotatable bonds is 3. The highest BCUT2D eigenvalue weighted by atomic mass is 35.5. The molecule has 3 heteroatoms. The SMILES string of the molecule is Clc1ncccc1N(c1ccccc1)c1ccccc1. The van der Waals surface area contributed by atoms with E-state index in [2.05, 4.69) is 34.1 Å². The average Bonchev–Trinajstić information content (AvgIpc) is 2.52. The molecule has 0 aliphatic carbocycles. The van der Waals surface area contributed by atoms with E-state index in [-0.39, 0.29) is 0 Å². The molecule has 98 valence electrons. The van der Waals surface area contributed by atoms with Crippen LogP contribution in [0, 0.1) is 0 Å². The molecule has 2 aromatic carbocycles. The zero-order chi connectivity index (χ0) is 13.8. The Balaban J connectivity index is 2.17. The van der Waals surface area contributed by atoms with Crippen molar-refractivity contribution in [1.82, 2.24) is 4.98 Å². The summed E-state index contributed by atoms with van der Waals surface area (Å²) >= 11 is 6.27. The summed E-state index contributed by atoms with van der Waals surface area (Å²) in [7, 11) is 0. The van der Waals surface area contributed by atoms with Gasteiger partial charge >= 0.3 is 0 Å². The maximum Gasteiger partial charge on any atom is 0.152 e. The minimum absolute atomic E-state index is 0.486. The van der Waals surface area contributed by atoms with Crippen LogP contribution in [-0.2, 0) is 0 Å². The maximum absolute atomic E-state index is 6.27. The predicted molar refractivity (Wildman–Crippen MR) is 83.9 cm³/mol. The largest absolute Gasteiger partial charge is 0.308 e. The van der Waals surface area contributed by atoms with Crippen LogP contribution >= 0.6 is 11.6 Å². The Morgan fingerprint density at radius 3 is 1.75 bits per heavy atom. The summed E-state index contributed by atoms with van der Waals surface area (Å²) in [6.45, 7) is 0. The standard InChI is InChI=1S/C17H13ClN2/c18-17-16(12-7-13-19-17)20(14-8-3-1-4-9-14)15-10-5-2-6-11-15/h1-13H. The molecule has 20 heavy (non-hydrogen) atoms. The van der Waals surface area contributed by atoms with Crippen molar-refractivity contribution in [3.63, 3.8) is 0 Å². The molecule has 1 heterocycles. The highest BCUT2D eigenvalue weighted by Crippen LogP contribution is 2.36. The molecule has 0 aliphatic rings. The van der Waals surface area contributed by atoms with Crippen molar-refractivity contribution in [3.05, 3.63) is 84.1 Å². The molecule has 0 amide bonds. The Kier molecular flexibility index (Phi) is 3.66. The first-order valence-electron chi connectivity index (χ1n) is 6.37. The quantitative estimate of drug-likeness (QED) is 0.613. The van der Waals surface area contributed by atoms with E-state index in [4.69, 9.17) is 11.6 Å². The van der Waals surface area contributed by atoms with Crippen molar-refractivity contribution >= 4 is 28.7 Å². The van der Waals surface area contributed by atoms with E-state index in [1.165, 1.54) is 0 Å². The first-order chi connectivity index (χ1) is 9.86. The van der Waals surface area contributed by atoms with Gasteiger partial charge in [-0.25, -0.2) is 4.98 Å². The smallest absolute Gasteiger partial charge is 0.152 e. The second kappa shape index (κ2) is 5.76. The van der Waals surface area contributed by atoms with Gasteiger partial charge in [0.05, 0.1) is 5.69 Å². The van der Waals surface area contributed by atoms with E-state index in [0.29, 0.717) is 5.15 Å². The van der Waals surface area contributed by atoms with Gasteiger partial charge in [-0.3, -0.25) is 0 Å². The van der Waals surface area contributed by atoms with Crippen molar-refractivity contribution in [1.29, 1.82) is 0 Å². The summed E-state index contributed by atoms with van der Waals surface area (Å²) in [6, 6.07) is 24.1. The van der Waals surface area contributed by atoms with Crippen LogP contribution in [0.5, 0.6) is 0 Å². The lowest BCUT2D eigenvalue weighted by Crippen LogP contribution is -2.10. The van der Waals surface area contributed by atoms with Gasteiger partial charge in [-0.2, -0.15) is 0 Å². The molecule has 1 aromatic heterocycles. The monoisotopic (exact) mass is 280 g/mol. The first kappa shape index (κ1) is 12.7. The molecule has 2 nitrogen and oxygen atoms in total. The average molecular weight is 281 g/mol. The van der Waals surface area contributed by atoms with E-state index >= 15 is 0 Å². The molecular weight excluding hydrogens is 268 g/mol. The van der Waals surface area contributed by atoms with E-state index in [1.54, 1.807) is 6.20 Å². The molecule has 3 aromatic rings. The van der Waals surface area contributed by atoms with Crippen LogP contribution in [0.3, 0.4) is 0 Å². The van der Waals surface area contributed by atoms with Crippen molar-refractivity contribution in [3.8, 4) is 0 Å². The number of benzene rings is 2. The van der Waals surface area contributed by atoms with Crippen molar-refractivity contribution < 1.29 is 0 Å². The van der Waals surface area contributed by atoms with Gasteiger partial charge < -0.3 is 4.90 Å². The third-order valence-corrected chi connectivity index (χ3v) is 3.30. The summed E-state index contributed by atoms with van der Waals surface area (Å²) in [6.07, 6.45) is 1.69. The Hall–Kier alpha value is -2.32. The van der Waals surface area contributed by atoms with Gasteiger partial charge in [-0.05, 0) is 36.4 Å². The third kappa shape index (κ3) is 2.51. The van der Waals surface area contributed by atoms with E-state index in [9.17, 15) is 0 Å². The number of anilines is 3. The van der Waals surface area contributed by atoms with E-state index in [1.807, 2.05) is 48.5 Å². The number of halogens is 1. The minimum atomic E-state index is 0.486. The van der Waals surface area contributed by atoms with Gasteiger partial charge in [0, 0.05) is 17.6 Å². The fourth-order valence-corrected chi connectivity index (χ4v) is 2.33. The Labute approximate surface area is 123 Å². The molecular formula is C17H13ClN2. The van der Waals surface area contributed by atoms with Gasteiger partial charge in [0.15, 0.2) is 5.15 Å². The van der Waals surface area contributed by atoms with Crippen molar-refractivity contribution in [2.45, 2.75) is 0 Å². The molecule has 0 atom stereocenters. The lowest BCUT2D eigenvalue weighted by atomic mass is 10.2. The summed E-state index contributed by atoms with van der Waals surface area (Å²) < 4.78 is 0. The van der Waals surface area contributed by atoms with Crippen LogP contribution in [0.4, 0.5) is 17.1 Å². The molecule has 0 radical (unpaired) electrons. The summed E-state index contributed by atoms with van der Waals surface area (Å²) in [5, 5.41) is 0.486. The summed E-state index contributed by atoms with van der Waals surface area (Å²) in [5.74, 6) is 0. The fourth-order valence-electron chi connectivity index (χ4n) is 2.13. The lowest BCUT2D eigenvalue weighted by molar-refractivity contribution is 1.23. The number of hydrogen-bond acceptors (Lipinski definition) is 2. The molecule has 0 saturated heterocycles. The van der Waals surface area contributed by atoms with E-state index in [0.717, 1.165) is 17.1 Å². The van der Waals surface area contributed by atoms with Crippen LogP contribution in [0.1, 0.15) is 0 Å².